The predicted octanol–water partition coefficient (Wildman–Crippen LogP) is 1.27. The minimum atomic E-state index is 0.593. The second-order valence-electron chi connectivity index (χ2n) is 2.98. The Morgan fingerprint density at radius 1 is 1.30 bits per heavy atom. The maximum Gasteiger partial charge on any atom is 0.0587 e. The van der Waals surface area contributed by atoms with Crippen molar-refractivity contribution in [2.24, 2.45) is 5.92 Å². The first kappa shape index (κ1) is 9.92. The van der Waals surface area contributed by atoms with Gasteiger partial charge in [-0.1, -0.05) is 13.8 Å². The average Bonchev–Trinajstić information content (AvgIpc) is 1.88. The molecule has 0 amide bonds. The van der Waals surface area contributed by atoms with E-state index in [4.69, 9.17) is 4.74 Å². The molecule has 0 heterocycles. The highest BCUT2D eigenvalue weighted by molar-refractivity contribution is 4.63. The molecule has 10 heavy (non-hydrogen) atoms. The molecular formula is C8H19NO. The zero-order valence-corrected chi connectivity index (χ0v) is 7.48. The number of ether oxygens (including phenoxy) is 1. The summed E-state index contributed by atoms with van der Waals surface area (Å²) in [5.74, 6) is 0.705. The molecule has 0 aliphatic rings. The van der Waals surface area contributed by atoms with Crippen molar-refractivity contribution < 1.29 is 4.74 Å². The van der Waals surface area contributed by atoms with Crippen molar-refractivity contribution in [2.75, 3.05) is 20.3 Å². The summed E-state index contributed by atoms with van der Waals surface area (Å²) in [5.41, 5.74) is 0. The summed E-state index contributed by atoms with van der Waals surface area (Å²) in [6.07, 6.45) is 0. The number of methoxy groups -OCH3 is 1. The third-order valence-electron chi connectivity index (χ3n) is 1.77. The topological polar surface area (TPSA) is 21.3 Å². The van der Waals surface area contributed by atoms with Gasteiger partial charge >= 0.3 is 0 Å². The minimum Gasteiger partial charge on any atom is -0.383 e. The van der Waals surface area contributed by atoms with Gasteiger partial charge in [-0.15, -0.1) is 0 Å². The number of hydrogen-bond donors (Lipinski definition) is 1. The fourth-order valence-electron chi connectivity index (χ4n) is 0.624. The highest BCUT2D eigenvalue weighted by Crippen LogP contribution is 1.98. The predicted molar refractivity (Wildman–Crippen MR) is 44.2 cm³/mol. The van der Waals surface area contributed by atoms with Gasteiger partial charge in [0.1, 0.15) is 0 Å². The fourth-order valence-corrected chi connectivity index (χ4v) is 0.624. The van der Waals surface area contributed by atoms with Gasteiger partial charge in [-0.05, 0) is 12.8 Å². The second-order valence-corrected chi connectivity index (χ2v) is 2.98. The van der Waals surface area contributed by atoms with Crippen LogP contribution < -0.4 is 5.32 Å². The van der Waals surface area contributed by atoms with Crippen molar-refractivity contribution >= 4 is 0 Å². The van der Waals surface area contributed by atoms with Crippen LogP contribution in [0.3, 0.4) is 0 Å². The van der Waals surface area contributed by atoms with Crippen LogP contribution in [0.5, 0.6) is 0 Å². The van der Waals surface area contributed by atoms with E-state index in [0.717, 1.165) is 13.2 Å². The van der Waals surface area contributed by atoms with Gasteiger partial charge in [0.25, 0.3) is 0 Å². The summed E-state index contributed by atoms with van der Waals surface area (Å²) in [5, 5.41) is 3.36. The normalized spacial score (nSPS) is 14.1. The van der Waals surface area contributed by atoms with Crippen molar-refractivity contribution in [3.63, 3.8) is 0 Å². The standard InChI is InChI=1S/C8H19NO/c1-7(2)8(3)9-5-6-10-4/h7-9H,5-6H2,1-4H3. The van der Waals surface area contributed by atoms with Crippen LogP contribution in [0.4, 0.5) is 0 Å². The molecule has 0 saturated heterocycles. The molecule has 0 fully saturated rings. The van der Waals surface area contributed by atoms with Crippen molar-refractivity contribution in [1.29, 1.82) is 0 Å². The molecule has 1 atom stereocenters. The molecule has 0 radical (unpaired) electrons. The van der Waals surface area contributed by atoms with Crippen molar-refractivity contribution in [3.05, 3.63) is 0 Å². The SMILES string of the molecule is COCCNC(C)C(C)C. The average molecular weight is 145 g/mol. The Bertz CT molecular complexity index is 73.7. The van der Waals surface area contributed by atoms with E-state index < -0.39 is 0 Å². The molecule has 0 spiro atoms. The Morgan fingerprint density at radius 3 is 2.30 bits per heavy atom. The number of rotatable bonds is 5. The van der Waals surface area contributed by atoms with Gasteiger partial charge in [-0.2, -0.15) is 0 Å². The van der Waals surface area contributed by atoms with Crippen LogP contribution in [-0.2, 0) is 4.74 Å². The molecule has 1 N–H and O–H groups in total. The quantitative estimate of drug-likeness (QED) is 0.588. The smallest absolute Gasteiger partial charge is 0.0587 e. The second kappa shape index (κ2) is 5.69. The zero-order valence-electron chi connectivity index (χ0n) is 7.48. The zero-order chi connectivity index (χ0) is 7.98. The molecule has 1 unspecified atom stereocenters. The van der Waals surface area contributed by atoms with Gasteiger partial charge in [-0.3, -0.25) is 0 Å². The lowest BCUT2D eigenvalue weighted by atomic mass is 10.1. The third-order valence-corrected chi connectivity index (χ3v) is 1.77. The molecule has 0 rings (SSSR count). The molecular weight excluding hydrogens is 126 g/mol. The lowest BCUT2D eigenvalue weighted by Crippen LogP contribution is -2.33. The van der Waals surface area contributed by atoms with Gasteiger partial charge in [0.15, 0.2) is 0 Å². The number of nitrogens with one attached hydrogen (secondary N) is 1. The van der Waals surface area contributed by atoms with Crippen LogP contribution in [0.2, 0.25) is 0 Å². The fraction of sp³-hybridized carbons (Fsp3) is 1.00. The lowest BCUT2D eigenvalue weighted by molar-refractivity contribution is 0.193. The molecule has 0 aromatic rings. The summed E-state index contributed by atoms with van der Waals surface area (Å²) in [6.45, 7) is 8.38. The first-order valence-corrected chi connectivity index (χ1v) is 3.90. The maximum atomic E-state index is 4.91. The van der Waals surface area contributed by atoms with E-state index >= 15 is 0 Å². The van der Waals surface area contributed by atoms with Crippen LogP contribution >= 0.6 is 0 Å². The van der Waals surface area contributed by atoms with Crippen LogP contribution in [0.1, 0.15) is 20.8 Å². The lowest BCUT2D eigenvalue weighted by Gasteiger charge is -2.16. The molecule has 2 nitrogen and oxygen atoms in total. The van der Waals surface area contributed by atoms with Crippen molar-refractivity contribution in [3.8, 4) is 0 Å². The monoisotopic (exact) mass is 145 g/mol. The maximum absolute atomic E-state index is 4.91. The van der Waals surface area contributed by atoms with Gasteiger partial charge in [0.05, 0.1) is 6.61 Å². The van der Waals surface area contributed by atoms with Crippen LogP contribution in [0, 0.1) is 5.92 Å². The van der Waals surface area contributed by atoms with E-state index in [9.17, 15) is 0 Å². The molecule has 62 valence electrons. The van der Waals surface area contributed by atoms with E-state index in [1.165, 1.54) is 0 Å². The van der Waals surface area contributed by atoms with Crippen LogP contribution in [0.15, 0.2) is 0 Å². The van der Waals surface area contributed by atoms with Crippen molar-refractivity contribution in [1.82, 2.24) is 5.32 Å². The van der Waals surface area contributed by atoms with E-state index in [-0.39, 0.29) is 0 Å². The molecule has 0 aliphatic carbocycles. The largest absolute Gasteiger partial charge is 0.383 e. The highest BCUT2D eigenvalue weighted by atomic mass is 16.5. The van der Waals surface area contributed by atoms with E-state index in [1.807, 2.05) is 0 Å². The molecule has 0 aromatic carbocycles. The molecule has 0 saturated carbocycles. The Morgan fingerprint density at radius 2 is 1.90 bits per heavy atom. The molecule has 0 aromatic heterocycles. The van der Waals surface area contributed by atoms with Gasteiger partial charge in [-0.25, -0.2) is 0 Å². The molecule has 0 aliphatic heterocycles. The van der Waals surface area contributed by atoms with E-state index in [0.29, 0.717) is 12.0 Å². The summed E-state index contributed by atoms with van der Waals surface area (Å²) in [4.78, 5) is 0. The Balaban J connectivity index is 3.13. The Kier molecular flexibility index (Phi) is 5.64. The Hall–Kier alpha value is -0.0800. The van der Waals surface area contributed by atoms with Gasteiger partial charge in [0.2, 0.25) is 0 Å². The summed E-state index contributed by atoms with van der Waals surface area (Å²) in [6, 6.07) is 0.593. The van der Waals surface area contributed by atoms with Crippen LogP contribution in [-0.4, -0.2) is 26.3 Å². The first-order chi connectivity index (χ1) is 4.68. The summed E-state index contributed by atoms with van der Waals surface area (Å²) >= 11 is 0. The summed E-state index contributed by atoms with van der Waals surface area (Å²) in [7, 11) is 1.72. The first-order valence-electron chi connectivity index (χ1n) is 3.90. The Labute approximate surface area is 64.0 Å². The van der Waals surface area contributed by atoms with Crippen LogP contribution in [0.25, 0.3) is 0 Å². The van der Waals surface area contributed by atoms with Gasteiger partial charge in [0, 0.05) is 19.7 Å². The van der Waals surface area contributed by atoms with Gasteiger partial charge < -0.3 is 10.1 Å². The number of hydrogen-bond acceptors (Lipinski definition) is 2. The van der Waals surface area contributed by atoms with Crippen molar-refractivity contribution in [2.45, 2.75) is 26.8 Å². The molecule has 2 heteroatoms. The molecule has 0 bridgehead atoms. The van der Waals surface area contributed by atoms with E-state index in [2.05, 4.69) is 26.1 Å². The third kappa shape index (κ3) is 4.77. The minimum absolute atomic E-state index is 0.593. The summed E-state index contributed by atoms with van der Waals surface area (Å²) < 4.78 is 4.91. The van der Waals surface area contributed by atoms with E-state index in [1.54, 1.807) is 7.11 Å². The highest BCUT2D eigenvalue weighted by Gasteiger charge is 2.03.